The standard InChI is InChI=1S/C18H29N3O4/c1-3-19-18(20-8-4-9-25-15-7-10-24-13-15)21-12-14-5-6-17(23-2)16(22)11-14/h5-6,11,15,22H,3-4,7-10,12-13H2,1-2H3,(H2,19,20,21). The van der Waals surface area contributed by atoms with Gasteiger partial charge < -0.3 is 30.0 Å². The van der Waals surface area contributed by atoms with Crippen molar-refractivity contribution in [2.75, 3.05) is 40.0 Å². The summed E-state index contributed by atoms with van der Waals surface area (Å²) >= 11 is 0. The van der Waals surface area contributed by atoms with Gasteiger partial charge in [-0.1, -0.05) is 6.07 Å². The average molecular weight is 351 g/mol. The minimum Gasteiger partial charge on any atom is -0.504 e. The Morgan fingerprint density at radius 3 is 2.96 bits per heavy atom. The van der Waals surface area contributed by atoms with Gasteiger partial charge in [-0.15, -0.1) is 0 Å². The summed E-state index contributed by atoms with van der Waals surface area (Å²) in [4.78, 5) is 4.54. The predicted octanol–water partition coefficient (Wildman–Crippen LogP) is 1.65. The molecule has 0 amide bonds. The summed E-state index contributed by atoms with van der Waals surface area (Å²) in [6, 6.07) is 5.30. The first-order valence-corrected chi connectivity index (χ1v) is 8.80. The van der Waals surface area contributed by atoms with E-state index in [0.717, 1.165) is 44.1 Å². The number of ether oxygens (including phenoxy) is 3. The van der Waals surface area contributed by atoms with Gasteiger partial charge in [0.15, 0.2) is 17.5 Å². The molecule has 3 N–H and O–H groups in total. The molecule has 7 heteroatoms. The minimum absolute atomic E-state index is 0.126. The van der Waals surface area contributed by atoms with E-state index >= 15 is 0 Å². The summed E-state index contributed by atoms with van der Waals surface area (Å²) in [5.74, 6) is 1.34. The molecule has 1 saturated heterocycles. The van der Waals surface area contributed by atoms with Gasteiger partial charge in [0.1, 0.15) is 0 Å². The van der Waals surface area contributed by atoms with Crippen molar-refractivity contribution < 1.29 is 19.3 Å². The highest BCUT2D eigenvalue weighted by atomic mass is 16.5. The maximum Gasteiger partial charge on any atom is 0.191 e. The van der Waals surface area contributed by atoms with Crippen molar-refractivity contribution in [1.82, 2.24) is 10.6 Å². The maximum atomic E-state index is 9.82. The number of phenolic OH excluding ortho intramolecular Hbond substituents is 1. The number of hydrogen-bond acceptors (Lipinski definition) is 5. The van der Waals surface area contributed by atoms with Crippen LogP contribution in [0.5, 0.6) is 11.5 Å². The van der Waals surface area contributed by atoms with Crippen LogP contribution < -0.4 is 15.4 Å². The summed E-state index contributed by atoms with van der Waals surface area (Å²) in [6.07, 6.45) is 2.15. The second-order valence-electron chi connectivity index (χ2n) is 5.84. The number of methoxy groups -OCH3 is 1. The zero-order chi connectivity index (χ0) is 17.9. The maximum absolute atomic E-state index is 9.82. The summed E-state index contributed by atoms with van der Waals surface area (Å²) < 4.78 is 16.1. The highest BCUT2D eigenvalue weighted by Crippen LogP contribution is 2.26. The van der Waals surface area contributed by atoms with Crippen molar-refractivity contribution in [2.24, 2.45) is 4.99 Å². The number of aliphatic imine (C=N–C) groups is 1. The Labute approximate surface area is 149 Å². The summed E-state index contributed by atoms with van der Waals surface area (Å²) in [7, 11) is 1.53. The number of nitrogens with one attached hydrogen (secondary N) is 2. The quantitative estimate of drug-likeness (QED) is 0.356. The van der Waals surface area contributed by atoms with Crippen molar-refractivity contribution >= 4 is 5.96 Å². The van der Waals surface area contributed by atoms with Crippen LogP contribution in [-0.4, -0.2) is 57.2 Å². The number of benzene rings is 1. The van der Waals surface area contributed by atoms with Gasteiger partial charge in [0.25, 0.3) is 0 Å². The lowest BCUT2D eigenvalue weighted by atomic mass is 10.2. The Morgan fingerprint density at radius 2 is 2.28 bits per heavy atom. The molecule has 0 saturated carbocycles. The third kappa shape index (κ3) is 6.80. The van der Waals surface area contributed by atoms with Crippen molar-refractivity contribution in [1.29, 1.82) is 0 Å². The van der Waals surface area contributed by atoms with Crippen LogP contribution in [0.4, 0.5) is 0 Å². The first-order chi connectivity index (χ1) is 12.2. The van der Waals surface area contributed by atoms with Crippen LogP contribution in [0, 0.1) is 0 Å². The molecule has 0 aromatic heterocycles. The smallest absolute Gasteiger partial charge is 0.191 e. The minimum atomic E-state index is 0.126. The number of hydrogen-bond donors (Lipinski definition) is 3. The lowest BCUT2D eigenvalue weighted by Crippen LogP contribution is -2.38. The fourth-order valence-electron chi connectivity index (χ4n) is 2.52. The van der Waals surface area contributed by atoms with Gasteiger partial charge in [-0.05, 0) is 37.5 Å². The molecule has 1 aliphatic rings. The monoisotopic (exact) mass is 351 g/mol. The molecule has 1 aromatic rings. The van der Waals surface area contributed by atoms with Crippen molar-refractivity contribution in [3.8, 4) is 11.5 Å². The molecule has 0 spiro atoms. The number of rotatable bonds is 9. The van der Waals surface area contributed by atoms with E-state index in [1.807, 2.05) is 13.0 Å². The molecule has 1 atom stereocenters. The van der Waals surface area contributed by atoms with Gasteiger partial charge in [-0.3, -0.25) is 0 Å². The largest absolute Gasteiger partial charge is 0.504 e. The average Bonchev–Trinajstić information content (AvgIpc) is 3.13. The zero-order valence-corrected chi connectivity index (χ0v) is 15.1. The van der Waals surface area contributed by atoms with Crippen molar-refractivity contribution in [3.05, 3.63) is 23.8 Å². The van der Waals surface area contributed by atoms with Gasteiger partial charge in [0.2, 0.25) is 0 Å². The molecular formula is C18H29N3O4. The fraction of sp³-hybridized carbons (Fsp3) is 0.611. The summed E-state index contributed by atoms with van der Waals surface area (Å²) in [6.45, 7) is 6.31. The Bertz CT molecular complexity index is 545. The number of guanidine groups is 1. The molecule has 0 bridgehead atoms. The van der Waals surface area contributed by atoms with E-state index in [-0.39, 0.29) is 11.9 Å². The predicted molar refractivity (Wildman–Crippen MR) is 97.3 cm³/mol. The molecule has 1 fully saturated rings. The topological polar surface area (TPSA) is 84.3 Å². The fourth-order valence-corrected chi connectivity index (χ4v) is 2.52. The number of phenols is 1. The van der Waals surface area contributed by atoms with E-state index in [4.69, 9.17) is 14.2 Å². The SMILES string of the molecule is CCNC(=NCc1ccc(OC)c(O)c1)NCCCOC1CCOC1. The number of aromatic hydroxyl groups is 1. The molecule has 7 nitrogen and oxygen atoms in total. The Hall–Kier alpha value is -1.99. The molecule has 25 heavy (non-hydrogen) atoms. The summed E-state index contributed by atoms with van der Waals surface area (Å²) in [5.41, 5.74) is 0.917. The van der Waals surface area contributed by atoms with Crippen LogP contribution in [0.1, 0.15) is 25.3 Å². The Balaban J connectivity index is 1.74. The lowest BCUT2D eigenvalue weighted by molar-refractivity contribution is 0.0420. The molecule has 0 aliphatic carbocycles. The third-order valence-corrected chi connectivity index (χ3v) is 3.86. The van der Waals surface area contributed by atoms with Crippen LogP contribution in [0.25, 0.3) is 0 Å². The molecule has 1 aromatic carbocycles. The molecular weight excluding hydrogens is 322 g/mol. The van der Waals surface area contributed by atoms with E-state index in [1.54, 1.807) is 12.1 Å². The first kappa shape index (κ1) is 19.3. The zero-order valence-electron chi connectivity index (χ0n) is 15.1. The van der Waals surface area contributed by atoms with Gasteiger partial charge in [0, 0.05) is 26.3 Å². The molecule has 140 valence electrons. The Morgan fingerprint density at radius 1 is 1.40 bits per heavy atom. The van der Waals surface area contributed by atoms with Crippen LogP contribution in [0.3, 0.4) is 0 Å². The highest BCUT2D eigenvalue weighted by molar-refractivity contribution is 5.79. The summed E-state index contributed by atoms with van der Waals surface area (Å²) in [5, 5.41) is 16.3. The van der Waals surface area contributed by atoms with E-state index in [2.05, 4.69) is 15.6 Å². The number of nitrogens with zero attached hydrogens (tertiary/aromatic N) is 1. The second kappa shape index (κ2) is 10.8. The molecule has 1 unspecified atom stereocenters. The van der Waals surface area contributed by atoms with E-state index in [1.165, 1.54) is 7.11 Å². The van der Waals surface area contributed by atoms with Crippen LogP contribution in [0.15, 0.2) is 23.2 Å². The normalized spacial score (nSPS) is 17.5. The van der Waals surface area contributed by atoms with Gasteiger partial charge in [0.05, 0.1) is 26.4 Å². The first-order valence-electron chi connectivity index (χ1n) is 8.80. The van der Waals surface area contributed by atoms with Gasteiger partial charge >= 0.3 is 0 Å². The van der Waals surface area contributed by atoms with E-state index in [9.17, 15) is 5.11 Å². The van der Waals surface area contributed by atoms with Crippen LogP contribution in [0.2, 0.25) is 0 Å². The molecule has 0 radical (unpaired) electrons. The van der Waals surface area contributed by atoms with Crippen LogP contribution >= 0.6 is 0 Å². The lowest BCUT2D eigenvalue weighted by Gasteiger charge is -2.13. The molecule has 1 aliphatic heterocycles. The van der Waals surface area contributed by atoms with Crippen LogP contribution in [-0.2, 0) is 16.0 Å². The Kier molecular flexibility index (Phi) is 8.34. The van der Waals surface area contributed by atoms with E-state index < -0.39 is 0 Å². The molecule has 1 heterocycles. The van der Waals surface area contributed by atoms with Crippen molar-refractivity contribution in [3.63, 3.8) is 0 Å². The van der Waals surface area contributed by atoms with E-state index in [0.29, 0.717) is 25.5 Å². The van der Waals surface area contributed by atoms with Crippen molar-refractivity contribution in [2.45, 2.75) is 32.4 Å². The molecule has 2 rings (SSSR count). The second-order valence-corrected chi connectivity index (χ2v) is 5.84. The van der Waals surface area contributed by atoms with Gasteiger partial charge in [-0.25, -0.2) is 4.99 Å². The van der Waals surface area contributed by atoms with Gasteiger partial charge in [-0.2, -0.15) is 0 Å². The highest BCUT2D eigenvalue weighted by Gasteiger charge is 2.15. The third-order valence-electron chi connectivity index (χ3n) is 3.86.